The largest absolute Gasteiger partial charge is 0.493 e. The zero-order valence-electron chi connectivity index (χ0n) is 23.5. The molecular formula is C32H30BrClN4O3S. The van der Waals surface area contributed by atoms with E-state index in [-0.39, 0.29) is 11.2 Å². The van der Waals surface area contributed by atoms with Crippen molar-refractivity contribution in [2.24, 2.45) is 5.41 Å². The second-order valence-electron chi connectivity index (χ2n) is 11.2. The van der Waals surface area contributed by atoms with Gasteiger partial charge in [-0.2, -0.15) is 4.98 Å². The number of halogens is 2. The van der Waals surface area contributed by atoms with E-state index in [4.69, 9.17) is 31.2 Å². The van der Waals surface area contributed by atoms with E-state index >= 15 is 0 Å². The number of carbonyl (C=O) groups is 1. The van der Waals surface area contributed by atoms with E-state index in [0.717, 1.165) is 38.9 Å². The first-order valence-corrected chi connectivity index (χ1v) is 15.8. The molecule has 0 fully saturated rings. The molecule has 0 amide bonds. The number of hydrogen-bond acceptors (Lipinski definition) is 7. The number of fused-ring (bicyclic) bond motifs is 1. The highest BCUT2D eigenvalue weighted by Gasteiger charge is 2.42. The van der Waals surface area contributed by atoms with Crippen molar-refractivity contribution in [3.05, 3.63) is 104 Å². The quantitative estimate of drug-likeness (QED) is 0.190. The van der Waals surface area contributed by atoms with Gasteiger partial charge in [-0.3, -0.25) is 4.79 Å². The molecule has 1 atom stereocenters. The number of nitrogens with zero attached hydrogens (tertiary/aromatic N) is 3. The van der Waals surface area contributed by atoms with Crippen molar-refractivity contribution in [2.75, 3.05) is 12.4 Å². The summed E-state index contributed by atoms with van der Waals surface area (Å²) >= 11 is 11.4. The van der Waals surface area contributed by atoms with Crippen LogP contribution in [-0.4, -0.2) is 27.7 Å². The highest BCUT2D eigenvalue weighted by atomic mass is 79.9. The number of anilines is 1. The summed E-state index contributed by atoms with van der Waals surface area (Å²) in [5, 5.41) is 9.64. The smallest absolute Gasteiger partial charge is 0.227 e. The average molecular weight is 666 g/mol. The number of hydrogen-bond donors (Lipinski definition) is 1. The third-order valence-corrected chi connectivity index (χ3v) is 9.22. The highest BCUT2D eigenvalue weighted by Crippen LogP contribution is 2.47. The number of carbonyl (C=O) groups excluding carboxylic acids is 1. The van der Waals surface area contributed by atoms with Crippen LogP contribution in [0.25, 0.3) is 0 Å². The second-order valence-corrected chi connectivity index (χ2v) is 13.5. The van der Waals surface area contributed by atoms with Gasteiger partial charge in [-0.1, -0.05) is 89.5 Å². The van der Waals surface area contributed by atoms with Gasteiger partial charge in [-0.25, -0.2) is 4.68 Å². The van der Waals surface area contributed by atoms with Gasteiger partial charge >= 0.3 is 0 Å². The Morgan fingerprint density at radius 2 is 1.88 bits per heavy atom. The van der Waals surface area contributed by atoms with E-state index in [2.05, 4.69) is 35.1 Å². The van der Waals surface area contributed by atoms with Crippen molar-refractivity contribution < 1.29 is 14.3 Å². The molecule has 4 aromatic rings. The van der Waals surface area contributed by atoms with Crippen molar-refractivity contribution in [3.8, 4) is 11.5 Å². The number of ketones is 1. The molecule has 1 aliphatic carbocycles. The molecule has 3 aromatic carbocycles. The molecule has 2 aliphatic rings. The minimum atomic E-state index is -0.448. The zero-order chi connectivity index (χ0) is 29.4. The summed E-state index contributed by atoms with van der Waals surface area (Å²) < 4.78 is 14.7. The molecule has 216 valence electrons. The van der Waals surface area contributed by atoms with Gasteiger partial charge in [-0.15, -0.1) is 5.10 Å². The molecule has 1 unspecified atom stereocenters. The van der Waals surface area contributed by atoms with Crippen molar-refractivity contribution in [2.45, 2.75) is 50.2 Å². The van der Waals surface area contributed by atoms with Crippen molar-refractivity contribution in [3.63, 3.8) is 0 Å². The Kier molecular flexibility index (Phi) is 8.09. The van der Waals surface area contributed by atoms with Crippen LogP contribution in [0.3, 0.4) is 0 Å². The fourth-order valence-corrected chi connectivity index (χ4v) is 6.81. The molecule has 7 nitrogen and oxygen atoms in total. The monoisotopic (exact) mass is 664 g/mol. The molecule has 0 saturated heterocycles. The predicted octanol–water partition coefficient (Wildman–Crippen LogP) is 8.23. The van der Waals surface area contributed by atoms with Gasteiger partial charge in [0.25, 0.3) is 0 Å². The lowest BCUT2D eigenvalue weighted by Crippen LogP contribution is -2.36. The highest BCUT2D eigenvalue weighted by molar-refractivity contribution is 9.10. The molecule has 6 rings (SSSR count). The number of rotatable bonds is 8. The van der Waals surface area contributed by atoms with E-state index in [1.165, 1.54) is 11.8 Å². The molecule has 0 spiro atoms. The van der Waals surface area contributed by atoms with Gasteiger partial charge in [0, 0.05) is 32.9 Å². The van der Waals surface area contributed by atoms with Crippen LogP contribution < -0.4 is 14.8 Å². The fraction of sp³-hybridized carbons (Fsp3) is 0.281. The minimum Gasteiger partial charge on any atom is -0.493 e. The van der Waals surface area contributed by atoms with Crippen LogP contribution in [0.4, 0.5) is 5.95 Å². The number of Topliss-reactive ketones (excluding diaryl/α,β-unsaturated/α-hetero) is 1. The number of benzene rings is 3. The normalized spacial score (nSPS) is 17.4. The number of allylic oxidation sites excluding steroid dienone is 2. The van der Waals surface area contributed by atoms with Crippen molar-refractivity contribution in [1.29, 1.82) is 0 Å². The lowest BCUT2D eigenvalue weighted by atomic mass is 9.73. The van der Waals surface area contributed by atoms with E-state index < -0.39 is 6.04 Å². The molecule has 1 N–H and O–H groups in total. The number of ether oxygens (including phenoxy) is 2. The molecule has 1 aromatic heterocycles. The summed E-state index contributed by atoms with van der Waals surface area (Å²) in [6, 6.07) is 21.1. The van der Waals surface area contributed by atoms with Crippen molar-refractivity contribution >= 4 is 51.0 Å². The van der Waals surface area contributed by atoms with Gasteiger partial charge in [0.1, 0.15) is 12.6 Å². The van der Waals surface area contributed by atoms with E-state index in [1.54, 1.807) is 7.11 Å². The van der Waals surface area contributed by atoms with E-state index in [9.17, 15) is 4.79 Å². The SMILES string of the molecule is COc1cc(C2C3=C(CC(C)(C)CC3=O)Nc3nc(SCc4ccccc4Cl)nn32)ccc1OCc1ccc(Br)cc1. The average Bonchev–Trinajstić information content (AvgIpc) is 3.37. The first kappa shape index (κ1) is 28.8. The van der Waals surface area contributed by atoms with Crippen LogP contribution in [0.5, 0.6) is 11.5 Å². The van der Waals surface area contributed by atoms with E-state index in [1.807, 2.05) is 71.4 Å². The lowest BCUT2D eigenvalue weighted by Gasteiger charge is -2.38. The Morgan fingerprint density at radius 1 is 1.10 bits per heavy atom. The molecule has 1 aliphatic heterocycles. The second kappa shape index (κ2) is 11.8. The van der Waals surface area contributed by atoms with Crippen LogP contribution in [0.1, 0.15) is 49.4 Å². The maximum absolute atomic E-state index is 13.7. The van der Waals surface area contributed by atoms with E-state index in [0.29, 0.717) is 46.4 Å². The molecular weight excluding hydrogens is 636 g/mol. The molecule has 42 heavy (non-hydrogen) atoms. The minimum absolute atomic E-state index is 0.111. The van der Waals surface area contributed by atoms with Crippen LogP contribution in [0.2, 0.25) is 5.02 Å². The summed E-state index contributed by atoms with van der Waals surface area (Å²) in [6.45, 7) is 4.64. The van der Waals surface area contributed by atoms with Gasteiger partial charge in [-0.05, 0) is 58.9 Å². The first-order valence-electron chi connectivity index (χ1n) is 13.6. The Bertz CT molecular complexity index is 1690. The summed E-state index contributed by atoms with van der Waals surface area (Å²) in [4.78, 5) is 18.5. The van der Waals surface area contributed by atoms with Crippen LogP contribution in [0.15, 0.2) is 87.6 Å². The number of thioether (sulfide) groups is 1. The van der Waals surface area contributed by atoms with Crippen LogP contribution in [-0.2, 0) is 17.2 Å². The molecule has 0 radical (unpaired) electrons. The third kappa shape index (κ3) is 5.96. The Hall–Kier alpha value is -3.27. The van der Waals surface area contributed by atoms with Gasteiger partial charge in [0.15, 0.2) is 17.3 Å². The summed E-state index contributed by atoms with van der Waals surface area (Å²) in [7, 11) is 1.62. The molecule has 2 heterocycles. The van der Waals surface area contributed by atoms with Crippen LogP contribution >= 0.6 is 39.3 Å². The number of nitrogens with one attached hydrogen (secondary N) is 1. The fourth-order valence-electron chi connectivity index (χ4n) is 5.43. The van der Waals surface area contributed by atoms with Gasteiger partial charge < -0.3 is 14.8 Å². The Balaban J connectivity index is 1.34. The zero-order valence-corrected chi connectivity index (χ0v) is 26.6. The first-order chi connectivity index (χ1) is 20.2. The lowest BCUT2D eigenvalue weighted by molar-refractivity contribution is -0.118. The van der Waals surface area contributed by atoms with Gasteiger partial charge in [0.05, 0.1) is 7.11 Å². The van der Waals surface area contributed by atoms with Crippen molar-refractivity contribution in [1.82, 2.24) is 14.8 Å². The summed E-state index contributed by atoms with van der Waals surface area (Å²) in [6.07, 6.45) is 1.21. The maximum Gasteiger partial charge on any atom is 0.227 e. The molecule has 0 bridgehead atoms. The summed E-state index contributed by atoms with van der Waals surface area (Å²) in [5.41, 5.74) is 4.40. The van der Waals surface area contributed by atoms with Crippen LogP contribution in [0, 0.1) is 5.41 Å². The van der Waals surface area contributed by atoms with Gasteiger partial charge in [0.2, 0.25) is 11.1 Å². The topological polar surface area (TPSA) is 78.3 Å². The Labute approximate surface area is 262 Å². The molecule has 10 heteroatoms. The predicted molar refractivity (Wildman–Crippen MR) is 169 cm³/mol. The number of methoxy groups -OCH3 is 1. The Morgan fingerprint density at radius 3 is 2.64 bits per heavy atom. The molecule has 0 saturated carbocycles. The maximum atomic E-state index is 13.7. The third-order valence-electron chi connectivity index (χ3n) is 7.44. The standard InChI is InChI=1S/C32H30BrClN4O3S/c1-32(2)15-24-28(25(39)16-32)29(38-30(35-24)36-31(37-38)42-18-21-6-4-5-7-23(21)34)20-10-13-26(27(14-20)40-3)41-17-19-8-11-22(33)12-9-19/h4-14,29H,15-18H2,1-3H3,(H,35,36,37). The number of aromatic nitrogens is 3. The summed E-state index contributed by atoms with van der Waals surface area (Å²) in [5.74, 6) is 2.56.